The van der Waals surface area contributed by atoms with Crippen LogP contribution in [0, 0.1) is 0 Å². The Balaban J connectivity index is 2.61. The molecule has 0 saturated heterocycles. The number of hydrogen-bond donors (Lipinski definition) is 0. The standard InChI is InChI=1S/C15H17NO2/c1-3-4-8-16-9-7-15(18)13-10-12(11(2)17)5-6-14(13)16/h5-7,9-10H,3-4,8H2,1-2H3. The van der Waals surface area contributed by atoms with E-state index in [9.17, 15) is 9.59 Å². The summed E-state index contributed by atoms with van der Waals surface area (Å²) < 4.78 is 2.07. The number of hydrogen-bond acceptors (Lipinski definition) is 2. The molecular weight excluding hydrogens is 226 g/mol. The lowest BCUT2D eigenvalue weighted by Crippen LogP contribution is -2.09. The van der Waals surface area contributed by atoms with E-state index >= 15 is 0 Å². The Labute approximate surface area is 106 Å². The van der Waals surface area contributed by atoms with E-state index in [0.717, 1.165) is 24.9 Å². The first-order chi connectivity index (χ1) is 8.63. The van der Waals surface area contributed by atoms with E-state index in [1.54, 1.807) is 18.2 Å². The number of fused-ring (bicyclic) bond motifs is 1. The summed E-state index contributed by atoms with van der Waals surface area (Å²) in [5, 5.41) is 0.626. The summed E-state index contributed by atoms with van der Waals surface area (Å²) in [6.07, 6.45) is 4.01. The first-order valence-corrected chi connectivity index (χ1v) is 6.27. The van der Waals surface area contributed by atoms with Gasteiger partial charge in [-0.15, -0.1) is 0 Å². The smallest absolute Gasteiger partial charge is 0.189 e. The summed E-state index contributed by atoms with van der Waals surface area (Å²) >= 11 is 0. The Morgan fingerprint density at radius 3 is 2.72 bits per heavy atom. The maximum absolute atomic E-state index is 11.9. The molecule has 2 aromatic rings. The molecule has 1 aromatic carbocycles. The van der Waals surface area contributed by atoms with Gasteiger partial charge in [0.25, 0.3) is 0 Å². The first kappa shape index (κ1) is 12.6. The van der Waals surface area contributed by atoms with Gasteiger partial charge >= 0.3 is 0 Å². The number of unbranched alkanes of at least 4 members (excludes halogenated alkanes) is 1. The number of nitrogens with zero attached hydrogens (tertiary/aromatic N) is 1. The molecule has 0 saturated carbocycles. The van der Waals surface area contributed by atoms with Gasteiger partial charge in [0.15, 0.2) is 11.2 Å². The zero-order chi connectivity index (χ0) is 13.1. The van der Waals surface area contributed by atoms with E-state index < -0.39 is 0 Å². The second kappa shape index (κ2) is 5.17. The molecule has 3 heteroatoms. The third-order valence-electron chi connectivity index (χ3n) is 3.14. The highest BCUT2D eigenvalue weighted by Crippen LogP contribution is 2.14. The number of carbonyl (C=O) groups is 1. The van der Waals surface area contributed by atoms with Crippen molar-refractivity contribution in [2.24, 2.45) is 0 Å². The molecule has 0 amide bonds. The van der Waals surface area contributed by atoms with Gasteiger partial charge in [0.1, 0.15) is 0 Å². The summed E-state index contributed by atoms with van der Waals surface area (Å²) in [4.78, 5) is 23.2. The molecule has 0 aliphatic carbocycles. The molecule has 1 heterocycles. The summed E-state index contributed by atoms with van der Waals surface area (Å²) in [6, 6.07) is 6.92. The van der Waals surface area contributed by atoms with Gasteiger partial charge in [-0.3, -0.25) is 9.59 Å². The first-order valence-electron chi connectivity index (χ1n) is 6.27. The Hall–Kier alpha value is -1.90. The Kier molecular flexibility index (Phi) is 3.60. The summed E-state index contributed by atoms with van der Waals surface area (Å²) in [7, 11) is 0. The fourth-order valence-electron chi connectivity index (χ4n) is 2.05. The SMILES string of the molecule is CCCCn1ccc(=O)c2cc(C(C)=O)ccc21. The van der Waals surface area contributed by atoms with Crippen LogP contribution >= 0.6 is 0 Å². The minimum absolute atomic E-state index is 0.0136. The number of aryl methyl sites for hydroxylation is 1. The van der Waals surface area contributed by atoms with Crippen LogP contribution in [0.2, 0.25) is 0 Å². The van der Waals surface area contributed by atoms with Gasteiger partial charge in [0.2, 0.25) is 0 Å². The topological polar surface area (TPSA) is 39.1 Å². The minimum atomic E-state index is -0.0270. The quantitative estimate of drug-likeness (QED) is 0.774. The molecule has 0 bridgehead atoms. The number of pyridine rings is 1. The number of carbonyl (C=O) groups excluding carboxylic acids is 1. The van der Waals surface area contributed by atoms with Crippen molar-refractivity contribution in [1.29, 1.82) is 0 Å². The molecule has 3 nitrogen and oxygen atoms in total. The van der Waals surface area contributed by atoms with E-state index in [4.69, 9.17) is 0 Å². The van der Waals surface area contributed by atoms with E-state index in [1.165, 1.54) is 6.92 Å². The molecular formula is C15H17NO2. The lowest BCUT2D eigenvalue weighted by Gasteiger charge is -2.10. The largest absolute Gasteiger partial charge is 0.347 e. The molecule has 0 atom stereocenters. The minimum Gasteiger partial charge on any atom is -0.347 e. The van der Waals surface area contributed by atoms with Crippen molar-refractivity contribution in [3.63, 3.8) is 0 Å². The lowest BCUT2D eigenvalue weighted by atomic mass is 10.1. The molecule has 0 unspecified atom stereocenters. The molecule has 0 aliphatic rings. The zero-order valence-corrected chi connectivity index (χ0v) is 10.8. The van der Waals surface area contributed by atoms with Crippen molar-refractivity contribution in [2.45, 2.75) is 33.2 Å². The summed E-state index contributed by atoms with van der Waals surface area (Å²) in [5.74, 6) is -0.0136. The average Bonchev–Trinajstić information content (AvgIpc) is 2.37. The number of aromatic nitrogens is 1. The van der Waals surface area contributed by atoms with Crippen molar-refractivity contribution in [3.05, 3.63) is 46.2 Å². The molecule has 0 fully saturated rings. The summed E-state index contributed by atoms with van der Waals surface area (Å²) in [6.45, 7) is 4.55. The van der Waals surface area contributed by atoms with Crippen LogP contribution in [0.3, 0.4) is 0 Å². The van der Waals surface area contributed by atoms with Crippen molar-refractivity contribution >= 4 is 16.7 Å². The molecule has 0 radical (unpaired) electrons. The van der Waals surface area contributed by atoms with Crippen molar-refractivity contribution < 1.29 is 4.79 Å². The predicted molar refractivity (Wildman–Crippen MR) is 73.1 cm³/mol. The monoisotopic (exact) mass is 243 g/mol. The van der Waals surface area contributed by atoms with Gasteiger partial charge in [0.05, 0.1) is 5.52 Å². The van der Waals surface area contributed by atoms with Gasteiger partial charge < -0.3 is 4.57 Å². The van der Waals surface area contributed by atoms with Crippen LogP contribution in [-0.4, -0.2) is 10.4 Å². The molecule has 2 rings (SSSR count). The van der Waals surface area contributed by atoms with Crippen molar-refractivity contribution in [3.8, 4) is 0 Å². The molecule has 94 valence electrons. The number of ketones is 1. The third kappa shape index (κ3) is 2.35. The van der Waals surface area contributed by atoms with Crippen LogP contribution in [0.25, 0.3) is 10.9 Å². The number of benzene rings is 1. The third-order valence-corrected chi connectivity index (χ3v) is 3.14. The Morgan fingerprint density at radius 2 is 2.06 bits per heavy atom. The van der Waals surface area contributed by atoms with Gasteiger partial charge in [-0.05, 0) is 31.5 Å². The summed E-state index contributed by atoms with van der Waals surface area (Å²) in [5.41, 5.74) is 1.47. The fourth-order valence-corrected chi connectivity index (χ4v) is 2.05. The van der Waals surface area contributed by atoms with Crippen LogP contribution < -0.4 is 5.43 Å². The van der Waals surface area contributed by atoms with Gasteiger partial charge in [0, 0.05) is 29.8 Å². The highest BCUT2D eigenvalue weighted by Gasteiger charge is 2.06. The number of Topliss-reactive ketones (excluding diaryl/α,β-unsaturated/α-hetero) is 1. The van der Waals surface area contributed by atoms with Crippen molar-refractivity contribution in [2.75, 3.05) is 0 Å². The number of rotatable bonds is 4. The fraction of sp³-hybridized carbons (Fsp3) is 0.333. The van der Waals surface area contributed by atoms with Crippen LogP contribution in [-0.2, 0) is 6.54 Å². The molecule has 18 heavy (non-hydrogen) atoms. The highest BCUT2D eigenvalue weighted by atomic mass is 16.1. The van der Waals surface area contributed by atoms with E-state index in [2.05, 4.69) is 11.5 Å². The average molecular weight is 243 g/mol. The Bertz CT molecular complexity index is 640. The second-order valence-corrected chi connectivity index (χ2v) is 4.52. The molecule has 0 N–H and O–H groups in total. The highest BCUT2D eigenvalue weighted by molar-refractivity contribution is 5.97. The van der Waals surface area contributed by atoms with E-state index in [0.29, 0.717) is 10.9 Å². The maximum atomic E-state index is 11.9. The molecule has 1 aromatic heterocycles. The van der Waals surface area contributed by atoms with Crippen molar-refractivity contribution in [1.82, 2.24) is 4.57 Å². The normalized spacial score (nSPS) is 10.8. The lowest BCUT2D eigenvalue weighted by molar-refractivity contribution is 0.101. The second-order valence-electron chi connectivity index (χ2n) is 4.52. The molecule has 0 spiro atoms. The van der Waals surface area contributed by atoms with Gasteiger partial charge in [-0.2, -0.15) is 0 Å². The van der Waals surface area contributed by atoms with Crippen LogP contribution in [0.4, 0.5) is 0 Å². The van der Waals surface area contributed by atoms with Crippen LogP contribution in [0.5, 0.6) is 0 Å². The van der Waals surface area contributed by atoms with E-state index in [-0.39, 0.29) is 11.2 Å². The van der Waals surface area contributed by atoms with Gasteiger partial charge in [-0.1, -0.05) is 13.3 Å². The van der Waals surface area contributed by atoms with E-state index in [1.807, 2.05) is 12.3 Å². The maximum Gasteiger partial charge on any atom is 0.189 e. The van der Waals surface area contributed by atoms with Crippen LogP contribution in [0.15, 0.2) is 35.3 Å². The van der Waals surface area contributed by atoms with Crippen LogP contribution in [0.1, 0.15) is 37.0 Å². The predicted octanol–water partition coefficient (Wildman–Crippen LogP) is 3.00. The molecule has 0 aliphatic heterocycles. The Morgan fingerprint density at radius 1 is 1.28 bits per heavy atom. The zero-order valence-electron chi connectivity index (χ0n) is 10.8. The van der Waals surface area contributed by atoms with Gasteiger partial charge in [-0.25, -0.2) is 0 Å².